The standard InChI is InChI=1S/C16H25NO/c1-13(2)12-14(3)17-16(18)11-7-10-15-8-5-4-6-9-15/h4-6,8-9,13-14H,7,10-12H2,1-3H3,(H,17,18). The molecule has 0 bridgehead atoms. The highest BCUT2D eigenvalue weighted by Crippen LogP contribution is 2.06. The Kier molecular flexibility index (Phi) is 6.48. The number of rotatable bonds is 7. The van der Waals surface area contributed by atoms with Crippen molar-refractivity contribution < 1.29 is 4.79 Å². The van der Waals surface area contributed by atoms with Crippen LogP contribution in [0.15, 0.2) is 30.3 Å². The summed E-state index contributed by atoms with van der Waals surface area (Å²) in [5.74, 6) is 0.809. The monoisotopic (exact) mass is 247 g/mol. The van der Waals surface area contributed by atoms with Gasteiger partial charge in [-0.25, -0.2) is 0 Å². The summed E-state index contributed by atoms with van der Waals surface area (Å²) < 4.78 is 0. The minimum absolute atomic E-state index is 0.180. The average Bonchev–Trinajstić information content (AvgIpc) is 2.29. The number of hydrogen-bond donors (Lipinski definition) is 1. The molecular formula is C16H25NO. The van der Waals surface area contributed by atoms with Crippen molar-refractivity contribution >= 4 is 5.91 Å². The zero-order valence-corrected chi connectivity index (χ0v) is 11.8. The summed E-state index contributed by atoms with van der Waals surface area (Å²) in [6.45, 7) is 6.44. The van der Waals surface area contributed by atoms with Gasteiger partial charge >= 0.3 is 0 Å². The van der Waals surface area contributed by atoms with Crippen molar-refractivity contribution in [1.82, 2.24) is 5.32 Å². The van der Waals surface area contributed by atoms with Crippen LogP contribution in [-0.4, -0.2) is 11.9 Å². The fraction of sp³-hybridized carbons (Fsp3) is 0.562. The first kappa shape index (κ1) is 14.7. The van der Waals surface area contributed by atoms with Crippen molar-refractivity contribution in [2.24, 2.45) is 5.92 Å². The molecule has 0 aliphatic carbocycles. The molecule has 1 unspecified atom stereocenters. The van der Waals surface area contributed by atoms with Crippen molar-refractivity contribution in [2.75, 3.05) is 0 Å². The Morgan fingerprint density at radius 1 is 1.17 bits per heavy atom. The molecule has 0 radical (unpaired) electrons. The summed E-state index contributed by atoms with van der Waals surface area (Å²) in [4.78, 5) is 11.7. The lowest BCUT2D eigenvalue weighted by Gasteiger charge is -2.15. The largest absolute Gasteiger partial charge is 0.354 e. The molecule has 18 heavy (non-hydrogen) atoms. The van der Waals surface area contributed by atoms with Gasteiger partial charge in [-0.15, -0.1) is 0 Å². The highest BCUT2D eigenvalue weighted by molar-refractivity contribution is 5.76. The van der Waals surface area contributed by atoms with Crippen LogP contribution in [-0.2, 0) is 11.2 Å². The van der Waals surface area contributed by atoms with Gasteiger partial charge in [-0.05, 0) is 37.7 Å². The van der Waals surface area contributed by atoms with E-state index in [0.29, 0.717) is 12.3 Å². The number of carbonyl (C=O) groups excluding carboxylic acids is 1. The maximum Gasteiger partial charge on any atom is 0.220 e. The van der Waals surface area contributed by atoms with Crippen LogP contribution in [0.25, 0.3) is 0 Å². The highest BCUT2D eigenvalue weighted by atomic mass is 16.1. The first-order valence-corrected chi connectivity index (χ1v) is 6.91. The predicted octanol–water partition coefficient (Wildman–Crippen LogP) is 3.56. The maximum atomic E-state index is 11.7. The van der Waals surface area contributed by atoms with E-state index in [1.54, 1.807) is 0 Å². The molecule has 1 aromatic rings. The van der Waals surface area contributed by atoms with Gasteiger partial charge in [-0.3, -0.25) is 4.79 Å². The van der Waals surface area contributed by atoms with E-state index in [-0.39, 0.29) is 11.9 Å². The Morgan fingerprint density at radius 2 is 1.83 bits per heavy atom. The molecule has 0 aliphatic rings. The van der Waals surface area contributed by atoms with Gasteiger partial charge in [0.25, 0.3) is 0 Å². The normalized spacial score (nSPS) is 12.4. The molecule has 0 heterocycles. The summed E-state index contributed by atoms with van der Waals surface area (Å²) in [6, 6.07) is 10.6. The van der Waals surface area contributed by atoms with Crippen molar-refractivity contribution in [2.45, 2.75) is 52.5 Å². The van der Waals surface area contributed by atoms with Crippen LogP contribution >= 0.6 is 0 Å². The van der Waals surface area contributed by atoms with Gasteiger partial charge in [0.15, 0.2) is 0 Å². The van der Waals surface area contributed by atoms with Gasteiger partial charge in [0, 0.05) is 12.5 Å². The lowest BCUT2D eigenvalue weighted by Crippen LogP contribution is -2.33. The second-order valence-electron chi connectivity index (χ2n) is 5.44. The number of amides is 1. The van der Waals surface area contributed by atoms with E-state index in [1.807, 2.05) is 18.2 Å². The third kappa shape index (κ3) is 6.43. The number of benzene rings is 1. The van der Waals surface area contributed by atoms with E-state index < -0.39 is 0 Å². The van der Waals surface area contributed by atoms with E-state index in [4.69, 9.17) is 0 Å². The molecule has 1 aromatic carbocycles. The van der Waals surface area contributed by atoms with Gasteiger partial charge in [0.1, 0.15) is 0 Å². The Hall–Kier alpha value is -1.31. The number of aryl methyl sites for hydroxylation is 1. The molecule has 0 saturated heterocycles. The molecule has 1 N–H and O–H groups in total. The fourth-order valence-corrected chi connectivity index (χ4v) is 2.21. The quantitative estimate of drug-likeness (QED) is 0.784. The zero-order chi connectivity index (χ0) is 13.4. The summed E-state index contributed by atoms with van der Waals surface area (Å²) in [5.41, 5.74) is 1.31. The third-order valence-electron chi connectivity index (χ3n) is 2.94. The third-order valence-corrected chi connectivity index (χ3v) is 2.94. The predicted molar refractivity (Wildman–Crippen MR) is 76.4 cm³/mol. The second kappa shape index (κ2) is 7.91. The van der Waals surface area contributed by atoms with E-state index in [0.717, 1.165) is 19.3 Å². The maximum absolute atomic E-state index is 11.7. The van der Waals surface area contributed by atoms with Crippen LogP contribution in [0.3, 0.4) is 0 Å². The Bertz CT molecular complexity index is 345. The van der Waals surface area contributed by atoms with Gasteiger partial charge in [0.2, 0.25) is 5.91 Å². The second-order valence-corrected chi connectivity index (χ2v) is 5.44. The molecule has 0 aliphatic heterocycles. The first-order chi connectivity index (χ1) is 8.58. The Morgan fingerprint density at radius 3 is 2.44 bits per heavy atom. The molecule has 100 valence electrons. The average molecular weight is 247 g/mol. The molecule has 1 atom stereocenters. The van der Waals surface area contributed by atoms with E-state index in [9.17, 15) is 4.79 Å². The van der Waals surface area contributed by atoms with E-state index in [2.05, 4.69) is 38.2 Å². The van der Waals surface area contributed by atoms with Crippen LogP contribution in [0.1, 0.15) is 45.6 Å². The Balaban J connectivity index is 2.17. The van der Waals surface area contributed by atoms with Crippen molar-refractivity contribution in [1.29, 1.82) is 0 Å². The van der Waals surface area contributed by atoms with Crippen molar-refractivity contribution in [3.8, 4) is 0 Å². The molecule has 0 saturated carbocycles. The summed E-state index contributed by atoms with van der Waals surface area (Å²) in [6.07, 6.45) is 3.57. The molecule has 0 aromatic heterocycles. The van der Waals surface area contributed by atoms with Crippen molar-refractivity contribution in [3.05, 3.63) is 35.9 Å². The smallest absolute Gasteiger partial charge is 0.220 e. The summed E-state index contributed by atoms with van der Waals surface area (Å²) in [7, 11) is 0. The topological polar surface area (TPSA) is 29.1 Å². The lowest BCUT2D eigenvalue weighted by molar-refractivity contribution is -0.121. The molecule has 0 spiro atoms. The van der Waals surface area contributed by atoms with Crippen LogP contribution in [0.4, 0.5) is 0 Å². The van der Waals surface area contributed by atoms with Crippen LogP contribution in [0, 0.1) is 5.92 Å². The minimum atomic E-state index is 0.180. The molecule has 1 amide bonds. The lowest BCUT2D eigenvalue weighted by atomic mass is 10.0. The molecule has 0 fully saturated rings. The number of nitrogens with one attached hydrogen (secondary N) is 1. The van der Waals surface area contributed by atoms with E-state index in [1.165, 1.54) is 5.56 Å². The Labute approximate surface area is 111 Å². The number of carbonyl (C=O) groups is 1. The minimum Gasteiger partial charge on any atom is -0.354 e. The van der Waals surface area contributed by atoms with Gasteiger partial charge in [-0.2, -0.15) is 0 Å². The summed E-state index contributed by atoms with van der Waals surface area (Å²) >= 11 is 0. The fourth-order valence-electron chi connectivity index (χ4n) is 2.21. The zero-order valence-electron chi connectivity index (χ0n) is 11.8. The van der Waals surface area contributed by atoms with Crippen molar-refractivity contribution in [3.63, 3.8) is 0 Å². The number of hydrogen-bond acceptors (Lipinski definition) is 1. The highest BCUT2D eigenvalue weighted by Gasteiger charge is 2.08. The molecular weight excluding hydrogens is 222 g/mol. The SMILES string of the molecule is CC(C)CC(C)NC(=O)CCCc1ccccc1. The van der Waals surface area contributed by atoms with Crippen LogP contribution < -0.4 is 5.32 Å². The summed E-state index contributed by atoms with van der Waals surface area (Å²) in [5, 5.41) is 3.06. The van der Waals surface area contributed by atoms with Crippen LogP contribution in [0.5, 0.6) is 0 Å². The van der Waals surface area contributed by atoms with Gasteiger partial charge in [-0.1, -0.05) is 44.2 Å². The van der Waals surface area contributed by atoms with Gasteiger partial charge < -0.3 is 5.32 Å². The first-order valence-electron chi connectivity index (χ1n) is 6.91. The molecule has 1 rings (SSSR count). The van der Waals surface area contributed by atoms with Gasteiger partial charge in [0.05, 0.1) is 0 Å². The van der Waals surface area contributed by atoms with Crippen LogP contribution in [0.2, 0.25) is 0 Å². The molecule has 2 nitrogen and oxygen atoms in total. The molecule has 2 heteroatoms. The van der Waals surface area contributed by atoms with E-state index >= 15 is 0 Å².